The number of nitrogens with zero attached hydrogens (tertiary/aromatic N) is 3. The minimum absolute atomic E-state index is 0.0360. The van der Waals surface area contributed by atoms with Gasteiger partial charge < -0.3 is 25.3 Å². The monoisotopic (exact) mass is 451 g/mol. The molecular formula is C23H22FN5O4. The maximum Gasteiger partial charge on any atom is 0.293 e. The molecule has 0 saturated carbocycles. The van der Waals surface area contributed by atoms with E-state index >= 15 is 0 Å². The van der Waals surface area contributed by atoms with Crippen LogP contribution in [0.25, 0.3) is 11.3 Å². The predicted octanol–water partition coefficient (Wildman–Crippen LogP) is 1.90. The van der Waals surface area contributed by atoms with Gasteiger partial charge in [0.25, 0.3) is 17.4 Å². The lowest BCUT2D eigenvalue weighted by atomic mass is 10.1. The highest BCUT2D eigenvalue weighted by molar-refractivity contribution is 5.95. The van der Waals surface area contributed by atoms with E-state index in [1.165, 1.54) is 36.0 Å². The summed E-state index contributed by atoms with van der Waals surface area (Å²) in [6.45, 7) is 2.11. The first-order valence-corrected chi connectivity index (χ1v) is 10.3. The molecule has 1 fully saturated rings. The summed E-state index contributed by atoms with van der Waals surface area (Å²) in [7, 11) is 1.51. The number of ether oxygens (including phenoxy) is 1. The minimum atomic E-state index is -0.899. The molecule has 2 amide bonds. The third kappa shape index (κ3) is 4.60. The van der Waals surface area contributed by atoms with Gasteiger partial charge in [0.15, 0.2) is 5.82 Å². The molecule has 0 spiro atoms. The molecule has 0 aliphatic carbocycles. The number of nitrogens with two attached hydrogens (primary N) is 1. The second kappa shape index (κ2) is 9.21. The number of anilines is 2. The van der Waals surface area contributed by atoms with E-state index in [0.717, 1.165) is 0 Å². The van der Waals surface area contributed by atoms with E-state index in [2.05, 4.69) is 10.3 Å². The number of amides is 2. The van der Waals surface area contributed by atoms with Gasteiger partial charge in [0.05, 0.1) is 24.5 Å². The number of nitrogens with one attached hydrogen (secondary N) is 1. The number of aromatic nitrogens is 2. The van der Waals surface area contributed by atoms with E-state index in [-0.39, 0.29) is 28.5 Å². The molecular weight excluding hydrogens is 429 g/mol. The van der Waals surface area contributed by atoms with Crippen molar-refractivity contribution >= 4 is 23.3 Å². The van der Waals surface area contributed by atoms with Crippen LogP contribution in [0.1, 0.15) is 20.7 Å². The van der Waals surface area contributed by atoms with Crippen LogP contribution in [0.2, 0.25) is 0 Å². The van der Waals surface area contributed by atoms with E-state index in [4.69, 9.17) is 10.5 Å². The molecule has 2 aromatic carbocycles. The fourth-order valence-corrected chi connectivity index (χ4v) is 3.52. The molecule has 4 rings (SSSR count). The fourth-order valence-electron chi connectivity index (χ4n) is 3.52. The Morgan fingerprint density at radius 3 is 2.48 bits per heavy atom. The van der Waals surface area contributed by atoms with Gasteiger partial charge in [-0.25, -0.2) is 9.37 Å². The maximum absolute atomic E-state index is 14.8. The summed E-state index contributed by atoms with van der Waals surface area (Å²) in [6.07, 6.45) is 1.38. The average Bonchev–Trinajstić information content (AvgIpc) is 2.82. The lowest BCUT2D eigenvalue weighted by Crippen LogP contribution is -2.40. The highest BCUT2D eigenvalue weighted by atomic mass is 19.1. The Morgan fingerprint density at radius 1 is 1.12 bits per heavy atom. The number of rotatable bonds is 5. The number of carbonyl (C=O) groups is 2. The Balaban J connectivity index is 1.61. The van der Waals surface area contributed by atoms with E-state index < -0.39 is 17.3 Å². The first-order chi connectivity index (χ1) is 15.8. The molecule has 33 heavy (non-hydrogen) atoms. The van der Waals surface area contributed by atoms with Gasteiger partial charge in [-0.1, -0.05) is 6.07 Å². The summed E-state index contributed by atoms with van der Waals surface area (Å²) in [5.41, 5.74) is 5.77. The number of halogens is 1. The number of hydrogen-bond acceptors (Lipinski definition) is 6. The van der Waals surface area contributed by atoms with Crippen molar-refractivity contribution in [3.8, 4) is 11.3 Å². The SMILES string of the molecule is Cn1cc(-c2cccc(C(N)=O)c2F)nc(Nc2ccc(C(=O)N3CCOCC3)cc2)c1=O. The number of aryl methyl sites for hydroxylation is 1. The van der Waals surface area contributed by atoms with Crippen LogP contribution >= 0.6 is 0 Å². The normalized spacial score (nSPS) is 13.6. The van der Waals surface area contributed by atoms with Crippen LogP contribution in [0, 0.1) is 5.82 Å². The standard InChI is InChI=1S/C23H22FN5O4/c1-28-13-18(16-3-2-4-17(19(16)24)20(25)30)27-21(23(28)32)26-15-7-5-14(6-8-15)22(31)29-9-11-33-12-10-29/h2-8,13H,9-12H2,1H3,(H2,25,30)(H,26,27). The number of morpholine rings is 1. The molecule has 0 atom stereocenters. The molecule has 9 nitrogen and oxygen atoms in total. The van der Waals surface area contributed by atoms with Crippen molar-refractivity contribution < 1.29 is 18.7 Å². The van der Waals surface area contributed by atoms with E-state index in [1.807, 2.05) is 0 Å². The molecule has 10 heteroatoms. The largest absolute Gasteiger partial charge is 0.378 e. The zero-order valence-electron chi connectivity index (χ0n) is 17.9. The second-order valence-electron chi connectivity index (χ2n) is 7.53. The van der Waals surface area contributed by atoms with Crippen molar-refractivity contribution in [1.82, 2.24) is 14.5 Å². The molecule has 1 aromatic heterocycles. The number of primary amides is 1. The van der Waals surface area contributed by atoms with Crippen molar-refractivity contribution in [2.45, 2.75) is 0 Å². The van der Waals surface area contributed by atoms with Gasteiger partial charge in [0, 0.05) is 43.1 Å². The molecule has 0 bridgehead atoms. The molecule has 0 unspecified atom stereocenters. The molecule has 0 radical (unpaired) electrons. The van der Waals surface area contributed by atoms with Gasteiger partial charge in [0.2, 0.25) is 0 Å². The quantitative estimate of drug-likeness (QED) is 0.612. The lowest BCUT2D eigenvalue weighted by Gasteiger charge is -2.26. The van der Waals surface area contributed by atoms with Crippen molar-refractivity contribution in [2.24, 2.45) is 12.8 Å². The van der Waals surface area contributed by atoms with Crippen LogP contribution in [0.4, 0.5) is 15.9 Å². The molecule has 1 aliphatic heterocycles. The van der Waals surface area contributed by atoms with E-state index in [1.54, 1.807) is 29.2 Å². The Morgan fingerprint density at radius 2 is 1.82 bits per heavy atom. The van der Waals surface area contributed by atoms with Gasteiger partial charge in [0.1, 0.15) is 5.82 Å². The third-order valence-electron chi connectivity index (χ3n) is 5.30. The summed E-state index contributed by atoms with van der Waals surface area (Å²) in [5, 5.41) is 2.92. The van der Waals surface area contributed by atoms with Gasteiger partial charge >= 0.3 is 0 Å². The second-order valence-corrected chi connectivity index (χ2v) is 7.53. The number of hydrogen-bond donors (Lipinski definition) is 2. The summed E-state index contributed by atoms with van der Waals surface area (Å²) >= 11 is 0. The van der Waals surface area contributed by atoms with Crippen molar-refractivity contribution in [2.75, 3.05) is 31.6 Å². The lowest BCUT2D eigenvalue weighted by molar-refractivity contribution is 0.0303. The Kier molecular flexibility index (Phi) is 6.18. The summed E-state index contributed by atoms with van der Waals surface area (Å²) in [4.78, 5) is 42.6. The van der Waals surface area contributed by atoms with Crippen LogP contribution in [-0.4, -0.2) is 52.6 Å². The first-order valence-electron chi connectivity index (χ1n) is 10.3. The van der Waals surface area contributed by atoms with E-state index in [9.17, 15) is 18.8 Å². The number of carbonyl (C=O) groups excluding carboxylic acids is 2. The van der Waals surface area contributed by atoms with Gasteiger partial charge in [-0.05, 0) is 36.4 Å². The predicted molar refractivity (Wildman–Crippen MR) is 120 cm³/mol. The van der Waals surface area contributed by atoms with Crippen LogP contribution in [0.5, 0.6) is 0 Å². The highest BCUT2D eigenvalue weighted by Crippen LogP contribution is 2.24. The zero-order chi connectivity index (χ0) is 23.5. The molecule has 1 saturated heterocycles. The summed E-state index contributed by atoms with van der Waals surface area (Å²) < 4.78 is 21.3. The van der Waals surface area contributed by atoms with Crippen LogP contribution in [-0.2, 0) is 11.8 Å². The molecule has 2 heterocycles. The Labute approximate surface area is 188 Å². The third-order valence-corrected chi connectivity index (χ3v) is 5.30. The smallest absolute Gasteiger partial charge is 0.293 e. The Bertz CT molecular complexity index is 1270. The van der Waals surface area contributed by atoms with Crippen molar-refractivity contribution in [3.05, 3.63) is 76.0 Å². The fraction of sp³-hybridized carbons (Fsp3) is 0.217. The summed E-state index contributed by atoms with van der Waals surface area (Å²) in [6, 6.07) is 10.9. The summed E-state index contributed by atoms with van der Waals surface area (Å²) in [5.74, 6) is -1.84. The first kappa shape index (κ1) is 22.2. The molecule has 3 aromatic rings. The van der Waals surface area contributed by atoms with Crippen molar-refractivity contribution in [3.63, 3.8) is 0 Å². The number of benzene rings is 2. The molecule has 170 valence electrons. The molecule has 1 aliphatic rings. The van der Waals surface area contributed by atoms with Crippen molar-refractivity contribution in [1.29, 1.82) is 0 Å². The van der Waals surface area contributed by atoms with Crippen LogP contribution < -0.4 is 16.6 Å². The maximum atomic E-state index is 14.8. The van der Waals surface area contributed by atoms with Gasteiger partial charge in [-0.2, -0.15) is 0 Å². The minimum Gasteiger partial charge on any atom is -0.378 e. The highest BCUT2D eigenvalue weighted by Gasteiger charge is 2.19. The zero-order valence-corrected chi connectivity index (χ0v) is 17.9. The topological polar surface area (TPSA) is 120 Å². The molecule has 3 N–H and O–H groups in total. The Hall–Kier alpha value is -4.05. The van der Waals surface area contributed by atoms with Gasteiger partial charge in [-0.3, -0.25) is 14.4 Å². The van der Waals surface area contributed by atoms with Crippen LogP contribution in [0.15, 0.2) is 53.5 Å². The van der Waals surface area contributed by atoms with E-state index in [0.29, 0.717) is 37.6 Å². The van der Waals surface area contributed by atoms with Crippen LogP contribution in [0.3, 0.4) is 0 Å². The van der Waals surface area contributed by atoms with Gasteiger partial charge in [-0.15, -0.1) is 0 Å². The average molecular weight is 451 g/mol.